The summed E-state index contributed by atoms with van der Waals surface area (Å²) in [6, 6.07) is 14.0. The molecule has 1 aliphatic heterocycles. The van der Waals surface area contributed by atoms with Gasteiger partial charge in [0.15, 0.2) is 0 Å². The lowest BCUT2D eigenvalue weighted by molar-refractivity contribution is -0.139. The molecule has 0 spiro atoms. The molecule has 0 saturated heterocycles. The molecule has 1 aromatic heterocycles. The minimum absolute atomic E-state index is 0.0251. The van der Waals surface area contributed by atoms with Gasteiger partial charge < -0.3 is 14.9 Å². The van der Waals surface area contributed by atoms with Crippen LogP contribution in [0.25, 0.3) is 0 Å². The van der Waals surface area contributed by atoms with E-state index >= 15 is 4.39 Å². The molecule has 1 saturated carbocycles. The molecule has 0 bridgehead atoms. The van der Waals surface area contributed by atoms with Crippen LogP contribution < -0.4 is 0 Å². The van der Waals surface area contributed by atoms with Gasteiger partial charge in [0.05, 0.1) is 47.2 Å². The van der Waals surface area contributed by atoms with Crippen molar-refractivity contribution >= 4 is 17.5 Å². The second kappa shape index (κ2) is 9.68. The van der Waals surface area contributed by atoms with Gasteiger partial charge in [0.2, 0.25) is 5.72 Å². The molecule has 2 atom stereocenters. The van der Waals surface area contributed by atoms with Crippen molar-refractivity contribution in [2.45, 2.75) is 51.0 Å². The van der Waals surface area contributed by atoms with Crippen LogP contribution in [0.15, 0.2) is 54.7 Å². The van der Waals surface area contributed by atoms with E-state index in [-0.39, 0.29) is 29.9 Å². The summed E-state index contributed by atoms with van der Waals surface area (Å²) >= 11 is 6.21. The molecular weight excluding hydrogens is 521 g/mol. The van der Waals surface area contributed by atoms with Crippen molar-refractivity contribution in [1.82, 2.24) is 9.88 Å². The number of aliphatic hydroxyl groups is 2. The molecule has 7 nitrogen and oxygen atoms in total. The lowest BCUT2D eigenvalue weighted by Crippen LogP contribution is -2.49. The number of benzene rings is 2. The van der Waals surface area contributed by atoms with Crippen LogP contribution in [0.4, 0.5) is 4.39 Å². The van der Waals surface area contributed by atoms with Crippen LogP contribution in [-0.4, -0.2) is 39.2 Å². The van der Waals surface area contributed by atoms with Gasteiger partial charge in [-0.3, -0.25) is 14.7 Å². The van der Waals surface area contributed by atoms with Gasteiger partial charge in [-0.25, -0.2) is 4.39 Å². The largest absolute Gasteiger partial charge is 0.396 e. The van der Waals surface area contributed by atoms with Crippen LogP contribution >= 0.6 is 11.6 Å². The van der Waals surface area contributed by atoms with Crippen molar-refractivity contribution in [3.63, 3.8) is 0 Å². The van der Waals surface area contributed by atoms with Crippen LogP contribution in [0.2, 0.25) is 5.02 Å². The predicted molar refractivity (Wildman–Crippen MR) is 142 cm³/mol. The highest BCUT2D eigenvalue weighted by Gasteiger charge is 2.58. The molecule has 1 amide bonds. The number of halogens is 2. The topological polar surface area (TPSA) is 107 Å². The Morgan fingerprint density at radius 1 is 1.23 bits per heavy atom. The van der Waals surface area contributed by atoms with E-state index < -0.39 is 34.5 Å². The minimum Gasteiger partial charge on any atom is -0.396 e. The van der Waals surface area contributed by atoms with Gasteiger partial charge >= 0.3 is 0 Å². The molecule has 202 valence electrons. The summed E-state index contributed by atoms with van der Waals surface area (Å²) in [5, 5.41) is 30.4. The summed E-state index contributed by atoms with van der Waals surface area (Å²) in [6.07, 6.45) is 2.91. The number of carbonyl (C=O) groups excluding carboxylic acids is 1. The number of hydrogen-bond acceptors (Lipinski definition) is 6. The van der Waals surface area contributed by atoms with E-state index in [4.69, 9.17) is 16.3 Å². The number of nitriles is 1. The fourth-order valence-corrected chi connectivity index (χ4v) is 5.26. The van der Waals surface area contributed by atoms with E-state index in [0.29, 0.717) is 21.8 Å². The number of carbonyl (C=O) groups is 1. The Kier molecular flexibility index (Phi) is 6.76. The monoisotopic (exact) mass is 549 g/mol. The average Bonchev–Trinajstić information content (AvgIpc) is 3.65. The van der Waals surface area contributed by atoms with Crippen LogP contribution in [0.5, 0.6) is 0 Å². The average molecular weight is 550 g/mol. The van der Waals surface area contributed by atoms with E-state index in [9.17, 15) is 20.3 Å². The Labute approximate surface area is 231 Å². The Morgan fingerprint density at radius 2 is 1.92 bits per heavy atom. The second-order valence-corrected chi connectivity index (χ2v) is 11.4. The van der Waals surface area contributed by atoms with Crippen LogP contribution in [0, 0.1) is 22.6 Å². The van der Waals surface area contributed by atoms with Gasteiger partial charge in [-0.15, -0.1) is 0 Å². The van der Waals surface area contributed by atoms with E-state index in [0.717, 1.165) is 12.8 Å². The van der Waals surface area contributed by atoms with Crippen molar-refractivity contribution in [3.8, 4) is 6.07 Å². The molecule has 2 N–H and O–H groups in total. The molecule has 3 aromatic rings. The maximum absolute atomic E-state index is 16.3. The van der Waals surface area contributed by atoms with Gasteiger partial charge in [-0.1, -0.05) is 23.7 Å². The zero-order valence-electron chi connectivity index (χ0n) is 21.9. The third-order valence-corrected chi connectivity index (χ3v) is 8.02. The summed E-state index contributed by atoms with van der Waals surface area (Å²) < 4.78 is 22.9. The maximum Gasteiger partial charge on any atom is 0.257 e. The number of hydrogen-bond donors (Lipinski definition) is 2. The Bertz CT molecular complexity index is 1460. The van der Waals surface area contributed by atoms with Crippen molar-refractivity contribution in [2.24, 2.45) is 5.41 Å². The number of amides is 1. The highest BCUT2D eigenvalue weighted by molar-refractivity contribution is 6.30. The third kappa shape index (κ3) is 4.60. The summed E-state index contributed by atoms with van der Waals surface area (Å²) in [4.78, 5) is 20.1. The highest BCUT2D eigenvalue weighted by atomic mass is 35.5. The fraction of sp³-hybridized carbons (Fsp3) is 0.367. The lowest BCUT2D eigenvalue weighted by Gasteiger charge is -2.43. The number of aliphatic hydroxyl groups excluding tert-OH is 1. The molecule has 5 rings (SSSR count). The fourth-order valence-electron chi connectivity index (χ4n) is 5.13. The molecule has 1 fully saturated rings. The quantitative estimate of drug-likeness (QED) is 0.401. The molecule has 0 radical (unpaired) electrons. The number of fused-ring (bicyclic) bond motifs is 1. The zero-order valence-corrected chi connectivity index (χ0v) is 22.7. The highest BCUT2D eigenvalue weighted by Crippen LogP contribution is 2.54. The molecule has 39 heavy (non-hydrogen) atoms. The van der Waals surface area contributed by atoms with Crippen molar-refractivity contribution in [1.29, 1.82) is 5.26 Å². The first-order chi connectivity index (χ1) is 18.5. The first kappa shape index (κ1) is 27.2. The molecule has 2 aromatic carbocycles. The molecule has 2 aliphatic rings. The normalized spacial score (nSPS) is 20.5. The van der Waals surface area contributed by atoms with Crippen molar-refractivity contribution in [3.05, 3.63) is 99.1 Å². The Hall–Kier alpha value is -3.35. The predicted octanol–water partition coefficient (Wildman–Crippen LogP) is 5.18. The molecule has 9 heteroatoms. The summed E-state index contributed by atoms with van der Waals surface area (Å²) in [6.45, 7) is 4.79. The van der Waals surface area contributed by atoms with Gasteiger partial charge in [0.1, 0.15) is 11.9 Å². The molecule has 1 aliphatic carbocycles. The number of nitrogens with zero attached hydrogens (tertiary/aromatic N) is 3. The van der Waals surface area contributed by atoms with Crippen LogP contribution in [-0.2, 0) is 16.1 Å². The number of pyridine rings is 1. The number of rotatable bonds is 8. The minimum atomic E-state index is -1.72. The Balaban J connectivity index is 1.77. The number of aromatic nitrogens is 1. The van der Waals surface area contributed by atoms with Gasteiger partial charge in [0, 0.05) is 22.2 Å². The maximum atomic E-state index is 16.3. The summed E-state index contributed by atoms with van der Waals surface area (Å²) in [5.41, 5.74) is -1.95. The third-order valence-electron chi connectivity index (χ3n) is 7.77. The molecular formula is C30H29ClFN3O4. The smallest absolute Gasteiger partial charge is 0.257 e. The van der Waals surface area contributed by atoms with Gasteiger partial charge in [-0.2, -0.15) is 5.26 Å². The second-order valence-electron chi connectivity index (χ2n) is 11.0. The Morgan fingerprint density at radius 3 is 2.46 bits per heavy atom. The summed E-state index contributed by atoms with van der Waals surface area (Å²) in [7, 11) is 0. The zero-order chi connectivity index (χ0) is 28.2. The van der Waals surface area contributed by atoms with E-state index in [2.05, 4.69) is 4.98 Å². The first-order valence-electron chi connectivity index (χ1n) is 12.7. The van der Waals surface area contributed by atoms with Gasteiger partial charge in [0.25, 0.3) is 5.91 Å². The van der Waals surface area contributed by atoms with Crippen molar-refractivity contribution < 1.29 is 24.1 Å². The van der Waals surface area contributed by atoms with Crippen molar-refractivity contribution in [2.75, 3.05) is 13.2 Å². The molecule has 2 heterocycles. The van der Waals surface area contributed by atoms with E-state index in [1.54, 1.807) is 43.3 Å². The van der Waals surface area contributed by atoms with E-state index in [1.807, 2.05) is 6.07 Å². The number of ether oxygens (including phenoxy) is 1. The lowest BCUT2D eigenvalue weighted by atomic mass is 9.88. The van der Waals surface area contributed by atoms with Crippen LogP contribution in [0.3, 0.4) is 0 Å². The van der Waals surface area contributed by atoms with Gasteiger partial charge in [-0.05, 0) is 75.6 Å². The standard InChI is InChI=1S/C30H29ClFN3O4/c1-18(25-9-4-19(14-33)15-34-25)35-27(37)23-12-21(28(2,3)38)13-24(32)26(23)30(35,20-5-7-22(31)8-6-20)39-17-29(16-36)10-11-29/h4-9,12-13,15,18,36,38H,10-11,16-17H2,1-3H3/t18-,30+/m0/s1. The van der Waals surface area contributed by atoms with Crippen LogP contribution in [0.1, 0.15) is 78.0 Å². The van der Waals surface area contributed by atoms with E-state index in [1.165, 1.54) is 37.1 Å². The molecule has 0 unspecified atom stereocenters. The SMILES string of the molecule is C[C@@H](c1ccc(C#N)cn1)N1C(=O)c2cc(C(C)(C)O)cc(F)c2[C@]1(OCC1(CO)CC1)c1ccc(Cl)cc1. The first-order valence-corrected chi connectivity index (χ1v) is 13.1. The summed E-state index contributed by atoms with van der Waals surface area (Å²) in [5.74, 6) is -1.21.